The van der Waals surface area contributed by atoms with Gasteiger partial charge >= 0.3 is 5.97 Å². The van der Waals surface area contributed by atoms with Crippen LogP contribution in [0, 0.1) is 0 Å². The number of allylic oxidation sites excluding steroid dienone is 1. The zero-order chi connectivity index (χ0) is 16.3. The number of aromatic hydroxyl groups is 1. The van der Waals surface area contributed by atoms with E-state index in [-0.39, 0.29) is 24.0 Å². The number of benzene rings is 2. The molecule has 0 aliphatic heterocycles. The quantitative estimate of drug-likeness (QED) is 0.631. The number of carboxylic acid groups (broad SMARTS) is 1. The van der Waals surface area contributed by atoms with Gasteiger partial charge in [-0.15, -0.1) is 0 Å². The summed E-state index contributed by atoms with van der Waals surface area (Å²) in [6, 6.07) is 8.21. The molecule has 0 saturated carbocycles. The van der Waals surface area contributed by atoms with Crippen molar-refractivity contribution in [3.05, 3.63) is 54.1 Å². The van der Waals surface area contributed by atoms with Crippen LogP contribution in [0.1, 0.15) is 22.3 Å². The minimum absolute atomic E-state index is 0.215. The van der Waals surface area contributed by atoms with Crippen LogP contribution in [0.2, 0.25) is 0 Å². The molecule has 2 rings (SSSR count). The van der Waals surface area contributed by atoms with Crippen molar-refractivity contribution in [2.75, 3.05) is 0 Å². The van der Waals surface area contributed by atoms with Crippen molar-refractivity contribution in [3.63, 3.8) is 0 Å². The summed E-state index contributed by atoms with van der Waals surface area (Å²) in [4.78, 5) is 34.4. The summed E-state index contributed by atoms with van der Waals surface area (Å²) < 4.78 is 0. The normalized spacial score (nSPS) is 10.4. The van der Waals surface area contributed by atoms with Gasteiger partial charge in [-0.05, 0) is 22.9 Å². The summed E-state index contributed by atoms with van der Waals surface area (Å²) in [5.41, 5.74) is -0.0473. The molecule has 0 spiro atoms. The molecule has 0 unspecified atom stereocenters. The van der Waals surface area contributed by atoms with Crippen LogP contribution in [0.25, 0.3) is 10.8 Å². The molecular formula is C17H14O5. The van der Waals surface area contributed by atoms with Gasteiger partial charge in [0.05, 0.1) is 6.42 Å². The molecule has 0 aliphatic carbocycles. The molecule has 0 aliphatic rings. The van der Waals surface area contributed by atoms with E-state index in [0.29, 0.717) is 10.8 Å². The molecule has 0 saturated heterocycles. The van der Waals surface area contributed by atoms with E-state index in [1.54, 1.807) is 24.3 Å². The van der Waals surface area contributed by atoms with Crippen LogP contribution in [0.4, 0.5) is 0 Å². The summed E-state index contributed by atoms with van der Waals surface area (Å²) in [6.45, 7) is 3.30. The highest BCUT2D eigenvalue weighted by molar-refractivity contribution is 6.07. The van der Waals surface area contributed by atoms with Crippen molar-refractivity contribution in [2.45, 2.75) is 12.8 Å². The Morgan fingerprint density at radius 3 is 2.50 bits per heavy atom. The monoisotopic (exact) mass is 298 g/mol. The number of hydrogen-bond donors (Lipinski definition) is 2. The maximum Gasteiger partial charge on any atom is 0.339 e. The highest BCUT2D eigenvalue weighted by Gasteiger charge is 2.19. The number of carboxylic acids is 1. The first-order valence-electron chi connectivity index (χ1n) is 6.58. The van der Waals surface area contributed by atoms with Crippen molar-refractivity contribution in [3.8, 4) is 5.75 Å². The fraction of sp³-hybridized carbons (Fsp3) is 0.118. The summed E-state index contributed by atoms with van der Waals surface area (Å²) in [5, 5.41) is 20.5. The Bertz CT molecular complexity index is 789. The molecule has 2 aromatic carbocycles. The highest BCUT2D eigenvalue weighted by Crippen LogP contribution is 2.32. The van der Waals surface area contributed by atoms with Crippen LogP contribution in [0.15, 0.2) is 43.0 Å². The predicted molar refractivity (Wildman–Crippen MR) is 81.1 cm³/mol. The van der Waals surface area contributed by atoms with Crippen LogP contribution in [0.5, 0.6) is 5.75 Å². The van der Waals surface area contributed by atoms with Gasteiger partial charge in [-0.3, -0.25) is 9.59 Å². The third kappa shape index (κ3) is 3.03. The second-order valence-electron chi connectivity index (χ2n) is 4.84. The van der Waals surface area contributed by atoms with Gasteiger partial charge in [0.15, 0.2) is 5.78 Å². The molecule has 0 heterocycles. The number of carbonyl (C=O) groups excluding carboxylic acids is 2. The number of Topliss-reactive ketones (excluding diaryl/α,β-unsaturated/α-hetero) is 1. The summed E-state index contributed by atoms with van der Waals surface area (Å²) in [5.74, 6) is -2.54. The molecule has 5 heteroatoms. The van der Waals surface area contributed by atoms with Crippen LogP contribution in [-0.4, -0.2) is 27.7 Å². The van der Waals surface area contributed by atoms with Gasteiger partial charge in [-0.2, -0.15) is 0 Å². The van der Waals surface area contributed by atoms with E-state index in [1.807, 2.05) is 0 Å². The fourth-order valence-corrected chi connectivity index (χ4v) is 2.28. The number of phenols is 1. The van der Waals surface area contributed by atoms with Gasteiger partial charge in [0.25, 0.3) is 0 Å². The molecular weight excluding hydrogens is 284 g/mol. The van der Waals surface area contributed by atoms with E-state index >= 15 is 0 Å². The smallest absolute Gasteiger partial charge is 0.339 e. The molecule has 0 amide bonds. The van der Waals surface area contributed by atoms with E-state index in [2.05, 4.69) is 6.58 Å². The van der Waals surface area contributed by atoms with Gasteiger partial charge < -0.3 is 10.2 Å². The van der Waals surface area contributed by atoms with Gasteiger partial charge in [0.2, 0.25) is 0 Å². The lowest BCUT2D eigenvalue weighted by atomic mass is 9.95. The number of hydrogen-bond acceptors (Lipinski definition) is 4. The Balaban J connectivity index is 2.53. The zero-order valence-electron chi connectivity index (χ0n) is 11.7. The van der Waals surface area contributed by atoms with Crippen molar-refractivity contribution in [1.29, 1.82) is 0 Å². The Labute approximate surface area is 126 Å². The minimum Gasteiger partial charge on any atom is -0.507 e. The lowest BCUT2D eigenvalue weighted by Crippen LogP contribution is -2.10. The minimum atomic E-state index is -1.28. The van der Waals surface area contributed by atoms with Crippen molar-refractivity contribution in [1.82, 2.24) is 0 Å². The average molecular weight is 298 g/mol. The van der Waals surface area contributed by atoms with Crippen LogP contribution in [0.3, 0.4) is 0 Å². The third-order valence-corrected chi connectivity index (χ3v) is 3.33. The number of fused-ring (bicyclic) bond motifs is 1. The van der Waals surface area contributed by atoms with Crippen LogP contribution in [-0.2, 0) is 16.0 Å². The number of ketones is 2. The van der Waals surface area contributed by atoms with Gasteiger partial charge in [-0.25, -0.2) is 4.79 Å². The Kier molecular flexibility index (Phi) is 4.36. The highest BCUT2D eigenvalue weighted by atomic mass is 16.4. The first-order chi connectivity index (χ1) is 10.4. The fourth-order valence-electron chi connectivity index (χ4n) is 2.28. The number of carbonyl (C=O) groups is 3. The maximum atomic E-state index is 11.9. The summed E-state index contributed by atoms with van der Waals surface area (Å²) in [7, 11) is 0. The topological polar surface area (TPSA) is 91.7 Å². The summed E-state index contributed by atoms with van der Waals surface area (Å²) in [6.07, 6.45) is 0.519. The molecule has 0 aromatic heterocycles. The molecule has 5 nitrogen and oxygen atoms in total. The van der Waals surface area contributed by atoms with Crippen molar-refractivity contribution in [2.24, 2.45) is 0 Å². The molecule has 2 aromatic rings. The second-order valence-corrected chi connectivity index (χ2v) is 4.84. The first-order valence-corrected chi connectivity index (χ1v) is 6.58. The molecule has 2 N–H and O–H groups in total. The second kappa shape index (κ2) is 6.22. The van der Waals surface area contributed by atoms with Crippen molar-refractivity contribution < 1.29 is 24.6 Å². The number of aromatic carboxylic acids is 1. The lowest BCUT2D eigenvalue weighted by Gasteiger charge is -2.11. The molecule has 0 radical (unpaired) electrons. The van der Waals surface area contributed by atoms with E-state index in [0.717, 1.165) is 6.08 Å². The molecule has 0 bridgehead atoms. The van der Waals surface area contributed by atoms with E-state index < -0.39 is 23.3 Å². The third-order valence-electron chi connectivity index (χ3n) is 3.33. The molecule has 0 fully saturated rings. The molecule has 112 valence electrons. The maximum absolute atomic E-state index is 11.9. The Hall–Kier alpha value is -2.95. The molecule has 0 atom stereocenters. The standard InChI is InChI=1S/C17H14O5/c1-2-11(18)8-12(19)9-14-13-6-4-3-5-10(13)7-15(16(14)20)17(21)22/h2-7,20H,1,8-9H2,(H,21,22). The van der Waals surface area contributed by atoms with E-state index in [1.165, 1.54) is 6.07 Å². The summed E-state index contributed by atoms with van der Waals surface area (Å²) >= 11 is 0. The number of rotatable bonds is 6. The Morgan fingerprint density at radius 1 is 1.18 bits per heavy atom. The van der Waals surface area contributed by atoms with E-state index in [4.69, 9.17) is 5.11 Å². The predicted octanol–water partition coefficient (Wildman–Crippen LogP) is 2.50. The SMILES string of the molecule is C=CC(=O)CC(=O)Cc1c(O)c(C(=O)O)cc2ccccc12. The van der Waals surface area contributed by atoms with Crippen molar-refractivity contribution >= 4 is 28.3 Å². The van der Waals surface area contributed by atoms with Gasteiger partial charge in [0, 0.05) is 12.0 Å². The van der Waals surface area contributed by atoms with Crippen LogP contribution < -0.4 is 0 Å². The molecule has 22 heavy (non-hydrogen) atoms. The Morgan fingerprint density at radius 2 is 1.86 bits per heavy atom. The largest absolute Gasteiger partial charge is 0.507 e. The van der Waals surface area contributed by atoms with Gasteiger partial charge in [0.1, 0.15) is 17.1 Å². The van der Waals surface area contributed by atoms with Gasteiger partial charge in [-0.1, -0.05) is 30.8 Å². The van der Waals surface area contributed by atoms with Crippen LogP contribution >= 0.6 is 0 Å². The lowest BCUT2D eigenvalue weighted by molar-refractivity contribution is -0.124. The van der Waals surface area contributed by atoms with E-state index in [9.17, 15) is 19.5 Å². The first kappa shape index (κ1) is 15.4. The zero-order valence-corrected chi connectivity index (χ0v) is 11.7. The average Bonchev–Trinajstić information content (AvgIpc) is 2.49.